The summed E-state index contributed by atoms with van der Waals surface area (Å²) < 4.78 is 4.73. The highest BCUT2D eigenvalue weighted by Crippen LogP contribution is 2.38. The van der Waals surface area contributed by atoms with Gasteiger partial charge in [0.1, 0.15) is 0 Å². The first-order valence-electron chi connectivity index (χ1n) is 17.1. The lowest BCUT2D eigenvalue weighted by Crippen LogP contribution is -1.99. The molecule has 50 heavy (non-hydrogen) atoms. The minimum atomic E-state index is 0.924. The van der Waals surface area contributed by atoms with Crippen LogP contribution < -0.4 is 0 Å². The molecule has 0 amide bonds. The Kier molecular flexibility index (Phi) is 7.98. The van der Waals surface area contributed by atoms with Gasteiger partial charge in [-0.3, -0.25) is 0 Å². The first kappa shape index (κ1) is 30.9. The van der Waals surface area contributed by atoms with E-state index in [4.69, 9.17) is 0 Å². The Bertz CT molecular complexity index is 2560. The molecular formula is C48H38N2. The Morgan fingerprint density at radius 1 is 0.520 bits per heavy atom. The van der Waals surface area contributed by atoms with Gasteiger partial charge in [0.15, 0.2) is 0 Å². The maximum atomic E-state index is 4.48. The summed E-state index contributed by atoms with van der Waals surface area (Å²) in [5.41, 5.74) is 16.3. The predicted octanol–water partition coefficient (Wildman–Crippen LogP) is 12.9. The van der Waals surface area contributed by atoms with Crippen LogP contribution in [0.3, 0.4) is 0 Å². The molecule has 8 aromatic rings. The van der Waals surface area contributed by atoms with Crippen LogP contribution in [0.4, 0.5) is 0 Å². The lowest BCUT2D eigenvalue weighted by atomic mass is 10.0. The molecular weight excluding hydrogens is 605 g/mol. The number of allylic oxidation sites excluding steroid dienone is 4. The van der Waals surface area contributed by atoms with E-state index in [0.29, 0.717) is 0 Å². The molecule has 0 spiro atoms. The molecule has 0 saturated carbocycles. The van der Waals surface area contributed by atoms with Gasteiger partial charge in [-0.15, -0.1) is 0 Å². The van der Waals surface area contributed by atoms with E-state index in [-0.39, 0.29) is 0 Å². The fourth-order valence-electron chi connectivity index (χ4n) is 7.17. The van der Waals surface area contributed by atoms with E-state index in [0.717, 1.165) is 44.8 Å². The second-order valence-corrected chi connectivity index (χ2v) is 12.9. The second-order valence-electron chi connectivity index (χ2n) is 12.9. The molecule has 2 heteroatoms. The van der Waals surface area contributed by atoms with E-state index in [9.17, 15) is 0 Å². The van der Waals surface area contributed by atoms with E-state index >= 15 is 0 Å². The van der Waals surface area contributed by atoms with Crippen LogP contribution in [0.2, 0.25) is 0 Å². The number of hydrogen-bond acceptors (Lipinski definition) is 0. The van der Waals surface area contributed by atoms with Gasteiger partial charge in [0.2, 0.25) is 0 Å². The van der Waals surface area contributed by atoms with E-state index < -0.39 is 0 Å². The Hall–Kier alpha value is -6.38. The third-order valence-electron chi connectivity index (χ3n) is 9.72. The smallest absolute Gasteiger partial charge is 0.0542 e. The number of nitrogens with zero attached hydrogens (tertiary/aromatic N) is 2. The molecule has 0 radical (unpaired) electrons. The zero-order chi connectivity index (χ0) is 34.2. The standard InChI is InChI=1S/C48H38N2/c1-5-6-14-35(4)45-29-39-31-48-40(32-47(39)49(45)41-25-21-36(22-26-41)43-19-12-10-15-33(43)2)30-46(38-17-8-7-9-18-38)50(48)42-27-23-37(24-28-42)44-20-13-11-16-34(44)3/h5-32H,1,4H2,2-3H3/b14-6-. The molecule has 0 aliphatic rings. The Balaban J connectivity index is 1.32. The number of aryl methyl sites for hydroxylation is 2. The molecule has 6 aromatic carbocycles. The molecule has 0 N–H and O–H groups in total. The molecule has 0 atom stereocenters. The highest BCUT2D eigenvalue weighted by atomic mass is 15.0. The number of fused-ring (bicyclic) bond motifs is 2. The van der Waals surface area contributed by atoms with Crippen LogP contribution in [0.1, 0.15) is 16.8 Å². The number of aromatic nitrogens is 2. The Labute approximate surface area is 294 Å². The molecule has 0 unspecified atom stereocenters. The third kappa shape index (κ3) is 5.51. The highest BCUT2D eigenvalue weighted by molar-refractivity contribution is 6.02. The summed E-state index contributed by atoms with van der Waals surface area (Å²) in [7, 11) is 0. The number of rotatable bonds is 8. The van der Waals surface area contributed by atoms with Gasteiger partial charge < -0.3 is 9.13 Å². The summed E-state index contributed by atoms with van der Waals surface area (Å²) in [4.78, 5) is 0. The van der Waals surface area contributed by atoms with Crippen molar-refractivity contribution in [3.63, 3.8) is 0 Å². The maximum Gasteiger partial charge on any atom is 0.0542 e. The van der Waals surface area contributed by atoms with Crippen molar-refractivity contribution in [2.45, 2.75) is 13.8 Å². The van der Waals surface area contributed by atoms with Crippen LogP contribution in [0.15, 0.2) is 183 Å². The minimum Gasteiger partial charge on any atom is -0.309 e. The van der Waals surface area contributed by atoms with Crippen molar-refractivity contribution in [1.82, 2.24) is 9.13 Å². The molecule has 2 aromatic heterocycles. The lowest BCUT2D eigenvalue weighted by molar-refractivity contribution is 1.10. The number of benzene rings is 6. The SMILES string of the molecule is C=C/C=C\C(=C)c1cc2cc3c(cc(-c4ccccc4)n3-c3ccc(-c4ccccc4C)cc3)cc2n1-c1ccc(-c2ccccc2C)cc1. The van der Waals surface area contributed by atoms with Crippen molar-refractivity contribution in [3.8, 4) is 44.9 Å². The van der Waals surface area contributed by atoms with E-state index in [1.807, 2.05) is 12.2 Å². The normalized spacial score (nSPS) is 11.5. The van der Waals surface area contributed by atoms with E-state index in [1.165, 1.54) is 44.3 Å². The summed E-state index contributed by atoms with van der Waals surface area (Å²) in [5, 5.41) is 2.33. The topological polar surface area (TPSA) is 9.86 Å². The monoisotopic (exact) mass is 642 g/mol. The van der Waals surface area contributed by atoms with Crippen LogP contribution in [-0.2, 0) is 0 Å². The Morgan fingerprint density at radius 2 is 1.02 bits per heavy atom. The number of hydrogen-bond donors (Lipinski definition) is 0. The predicted molar refractivity (Wildman–Crippen MR) is 214 cm³/mol. The van der Waals surface area contributed by atoms with Crippen molar-refractivity contribution >= 4 is 27.4 Å². The molecule has 0 fully saturated rings. The van der Waals surface area contributed by atoms with Crippen molar-refractivity contribution in [3.05, 3.63) is 200 Å². The van der Waals surface area contributed by atoms with Crippen LogP contribution in [-0.4, -0.2) is 9.13 Å². The lowest BCUT2D eigenvalue weighted by Gasteiger charge is -2.14. The fourth-order valence-corrected chi connectivity index (χ4v) is 7.17. The molecule has 0 bridgehead atoms. The van der Waals surface area contributed by atoms with E-state index in [2.05, 4.69) is 188 Å². The van der Waals surface area contributed by atoms with Gasteiger partial charge in [0, 0.05) is 22.1 Å². The van der Waals surface area contributed by atoms with Gasteiger partial charge in [-0.1, -0.05) is 135 Å². The molecule has 0 aliphatic heterocycles. The van der Waals surface area contributed by atoms with Gasteiger partial charge >= 0.3 is 0 Å². The zero-order valence-corrected chi connectivity index (χ0v) is 28.5. The first-order valence-corrected chi connectivity index (χ1v) is 17.1. The zero-order valence-electron chi connectivity index (χ0n) is 28.5. The minimum absolute atomic E-state index is 0.924. The highest BCUT2D eigenvalue weighted by Gasteiger charge is 2.18. The fraction of sp³-hybridized carbons (Fsp3) is 0.0417. The second kappa shape index (κ2) is 12.9. The quantitative estimate of drug-likeness (QED) is 0.146. The summed E-state index contributed by atoms with van der Waals surface area (Å²) in [6.45, 7) is 12.7. The molecule has 0 saturated heterocycles. The largest absolute Gasteiger partial charge is 0.309 e. The third-order valence-corrected chi connectivity index (χ3v) is 9.72. The maximum absolute atomic E-state index is 4.48. The average molecular weight is 643 g/mol. The molecule has 2 heterocycles. The van der Waals surface area contributed by atoms with Crippen LogP contribution >= 0.6 is 0 Å². The molecule has 240 valence electrons. The van der Waals surface area contributed by atoms with Gasteiger partial charge in [0.05, 0.1) is 22.4 Å². The molecule has 2 nitrogen and oxygen atoms in total. The van der Waals surface area contributed by atoms with Gasteiger partial charge in [-0.25, -0.2) is 0 Å². The average Bonchev–Trinajstić information content (AvgIpc) is 3.72. The van der Waals surface area contributed by atoms with Gasteiger partial charge in [-0.05, 0) is 107 Å². The van der Waals surface area contributed by atoms with Crippen molar-refractivity contribution in [2.24, 2.45) is 0 Å². The van der Waals surface area contributed by atoms with Gasteiger partial charge in [0.25, 0.3) is 0 Å². The summed E-state index contributed by atoms with van der Waals surface area (Å²) in [5.74, 6) is 0. The molecule has 8 rings (SSSR count). The van der Waals surface area contributed by atoms with Crippen molar-refractivity contribution in [2.75, 3.05) is 0 Å². The van der Waals surface area contributed by atoms with Crippen molar-refractivity contribution in [1.29, 1.82) is 0 Å². The summed E-state index contributed by atoms with van der Waals surface area (Å²) in [6, 6.07) is 54.9. The van der Waals surface area contributed by atoms with E-state index in [1.54, 1.807) is 6.08 Å². The molecule has 0 aliphatic carbocycles. The van der Waals surface area contributed by atoms with Crippen LogP contribution in [0.5, 0.6) is 0 Å². The first-order chi connectivity index (χ1) is 24.5. The van der Waals surface area contributed by atoms with Gasteiger partial charge in [-0.2, -0.15) is 0 Å². The Morgan fingerprint density at radius 3 is 1.58 bits per heavy atom. The van der Waals surface area contributed by atoms with Crippen molar-refractivity contribution < 1.29 is 0 Å². The van der Waals surface area contributed by atoms with Crippen LogP contribution in [0.25, 0.3) is 72.3 Å². The van der Waals surface area contributed by atoms with Crippen LogP contribution in [0, 0.1) is 13.8 Å². The summed E-state index contributed by atoms with van der Waals surface area (Å²) in [6.07, 6.45) is 5.77. The summed E-state index contributed by atoms with van der Waals surface area (Å²) >= 11 is 0.